The molecule has 13 nitrogen and oxygen atoms in total. The number of sulfonamides is 1. The highest BCUT2D eigenvalue weighted by Gasteiger charge is 2.15. The molecule has 0 aliphatic rings. The minimum absolute atomic E-state index is 0.0922. The van der Waals surface area contributed by atoms with Crippen molar-refractivity contribution in [2.45, 2.75) is 17.9 Å². The Balaban J connectivity index is 2.34. The van der Waals surface area contributed by atoms with E-state index < -0.39 is 65.3 Å². The minimum Gasteiger partial charge on any atom is -0.480 e. The number of hydrogen-bond donors (Lipinski definition) is 6. The lowest BCUT2D eigenvalue weighted by atomic mass is 10.2. The molecule has 1 aromatic carbocycles. The fourth-order valence-electron chi connectivity index (χ4n) is 1.90. The fourth-order valence-corrected chi connectivity index (χ4v) is 2.41. The highest BCUT2D eigenvalue weighted by atomic mass is 32.2. The lowest BCUT2D eigenvalue weighted by Gasteiger charge is -2.10. The van der Waals surface area contributed by atoms with Gasteiger partial charge in [0.1, 0.15) is 6.04 Å². The predicted molar refractivity (Wildman–Crippen MR) is 101 cm³/mol. The van der Waals surface area contributed by atoms with Gasteiger partial charge in [-0.15, -0.1) is 0 Å². The largest absolute Gasteiger partial charge is 0.480 e. The van der Waals surface area contributed by atoms with Crippen molar-refractivity contribution < 1.29 is 37.5 Å². The fraction of sp³-hybridized carbons (Fsp3) is 0.312. The zero-order valence-electron chi connectivity index (χ0n) is 15.8. The van der Waals surface area contributed by atoms with Crippen molar-refractivity contribution in [2.75, 3.05) is 19.6 Å². The van der Waals surface area contributed by atoms with E-state index in [-0.39, 0.29) is 10.5 Å². The van der Waals surface area contributed by atoms with E-state index in [0.717, 1.165) is 12.1 Å². The Morgan fingerprint density at radius 2 is 1.37 bits per heavy atom. The number of benzene rings is 1. The Bertz CT molecular complexity index is 929. The lowest BCUT2D eigenvalue weighted by Crippen LogP contribution is -2.46. The third kappa shape index (κ3) is 8.66. The maximum absolute atomic E-state index is 11.9. The molecule has 0 aliphatic heterocycles. The molecule has 0 radical (unpaired) electrons. The Morgan fingerprint density at radius 1 is 0.900 bits per heavy atom. The average Bonchev–Trinajstić information content (AvgIpc) is 2.68. The second-order valence-electron chi connectivity index (χ2n) is 5.93. The van der Waals surface area contributed by atoms with Crippen LogP contribution in [0.4, 0.5) is 0 Å². The monoisotopic (exact) mass is 443 g/mol. The van der Waals surface area contributed by atoms with Crippen LogP contribution in [0.15, 0.2) is 29.2 Å². The van der Waals surface area contributed by atoms with E-state index in [4.69, 9.17) is 10.2 Å². The molecule has 0 fully saturated rings. The number of nitrogens with one attached hydrogen (secondary N) is 4. The van der Waals surface area contributed by atoms with Crippen molar-refractivity contribution in [1.82, 2.24) is 21.3 Å². The maximum Gasteiger partial charge on any atom is 0.325 e. The van der Waals surface area contributed by atoms with Crippen LogP contribution in [0.5, 0.6) is 0 Å². The second kappa shape index (κ2) is 10.9. The van der Waals surface area contributed by atoms with Crippen LogP contribution >= 0.6 is 0 Å². The maximum atomic E-state index is 11.9. The van der Waals surface area contributed by atoms with Crippen molar-refractivity contribution in [1.29, 1.82) is 0 Å². The highest BCUT2D eigenvalue weighted by molar-refractivity contribution is 7.89. The van der Waals surface area contributed by atoms with Crippen LogP contribution in [0.1, 0.15) is 17.3 Å². The number of carbonyl (C=O) groups excluding carboxylic acids is 4. The number of hydrogen-bond acceptors (Lipinski definition) is 7. The Morgan fingerprint density at radius 3 is 1.83 bits per heavy atom. The van der Waals surface area contributed by atoms with Gasteiger partial charge in [-0.25, -0.2) is 13.6 Å². The summed E-state index contributed by atoms with van der Waals surface area (Å²) in [7, 11) is -3.89. The predicted octanol–water partition coefficient (Wildman–Crippen LogP) is -3.11. The first kappa shape index (κ1) is 24.5. The molecule has 0 bridgehead atoms. The molecule has 30 heavy (non-hydrogen) atoms. The SMILES string of the molecule is C[C@H](NC(=O)CNC(=O)CNC(=O)CNC(=O)c1ccc(S(N)(=O)=O)cc1)C(=O)O. The summed E-state index contributed by atoms with van der Waals surface area (Å²) in [6.45, 7) is -0.151. The third-order valence-corrected chi connectivity index (χ3v) is 4.42. The molecule has 14 heteroatoms. The van der Waals surface area contributed by atoms with E-state index in [1.54, 1.807) is 0 Å². The Hall–Kier alpha value is -3.52. The van der Waals surface area contributed by atoms with Gasteiger partial charge < -0.3 is 26.4 Å². The van der Waals surface area contributed by atoms with Crippen LogP contribution in [0.25, 0.3) is 0 Å². The van der Waals surface area contributed by atoms with E-state index in [0.29, 0.717) is 0 Å². The summed E-state index contributed by atoms with van der Waals surface area (Å²) < 4.78 is 22.3. The molecule has 0 aromatic heterocycles. The number of primary sulfonamides is 1. The molecule has 0 unspecified atom stereocenters. The average molecular weight is 443 g/mol. The molecule has 0 spiro atoms. The number of carbonyl (C=O) groups is 5. The second-order valence-corrected chi connectivity index (χ2v) is 7.49. The lowest BCUT2D eigenvalue weighted by molar-refractivity contribution is -0.141. The number of carboxylic acid groups (broad SMARTS) is 1. The first-order valence-corrected chi connectivity index (χ1v) is 9.91. The van der Waals surface area contributed by atoms with E-state index in [9.17, 15) is 32.4 Å². The summed E-state index contributed by atoms with van der Waals surface area (Å²) in [5, 5.41) is 22.4. The van der Waals surface area contributed by atoms with Crippen LogP contribution in [0.2, 0.25) is 0 Å². The van der Waals surface area contributed by atoms with Gasteiger partial charge in [0.25, 0.3) is 5.91 Å². The number of rotatable bonds is 10. The van der Waals surface area contributed by atoms with E-state index in [2.05, 4.69) is 21.3 Å². The van der Waals surface area contributed by atoms with Crippen LogP contribution in [0, 0.1) is 0 Å². The van der Waals surface area contributed by atoms with Gasteiger partial charge in [0, 0.05) is 5.56 Å². The molecule has 1 rings (SSSR count). The first-order valence-electron chi connectivity index (χ1n) is 8.36. The quantitative estimate of drug-likeness (QED) is 0.217. The standard InChI is InChI=1S/C16H21N5O8S/c1-9(16(26)27)21-14(24)8-19-12(22)6-18-13(23)7-20-15(25)10-2-4-11(5-3-10)30(17,28)29/h2-5,9H,6-8H2,1H3,(H,18,23)(H,19,22)(H,20,25)(H,21,24)(H,26,27)(H2,17,28,29)/t9-/m0/s1. The zero-order chi connectivity index (χ0) is 22.9. The van der Waals surface area contributed by atoms with Gasteiger partial charge in [0.05, 0.1) is 24.5 Å². The molecule has 0 saturated carbocycles. The molecule has 164 valence electrons. The van der Waals surface area contributed by atoms with Gasteiger partial charge in [-0.2, -0.15) is 0 Å². The smallest absolute Gasteiger partial charge is 0.325 e. The topological polar surface area (TPSA) is 214 Å². The van der Waals surface area contributed by atoms with Gasteiger partial charge in [0.2, 0.25) is 27.7 Å². The summed E-state index contributed by atoms with van der Waals surface area (Å²) >= 11 is 0. The van der Waals surface area contributed by atoms with Crippen molar-refractivity contribution in [3.63, 3.8) is 0 Å². The number of aliphatic carboxylic acids is 1. The molecule has 1 aromatic rings. The molecule has 4 amide bonds. The van der Waals surface area contributed by atoms with Gasteiger partial charge in [0.15, 0.2) is 0 Å². The molecular formula is C16H21N5O8S. The van der Waals surface area contributed by atoms with Crippen molar-refractivity contribution in [3.8, 4) is 0 Å². The molecule has 0 aliphatic carbocycles. The zero-order valence-corrected chi connectivity index (χ0v) is 16.6. The van der Waals surface area contributed by atoms with Gasteiger partial charge in [-0.05, 0) is 31.2 Å². The van der Waals surface area contributed by atoms with Crippen molar-refractivity contribution >= 4 is 39.6 Å². The van der Waals surface area contributed by atoms with Gasteiger partial charge in [-0.1, -0.05) is 0 Å². The van der Waals surface area contributed by atoms with Crippen LogP contribution in [-0.4, -0.2) is 68.8 Å². The summed E-state index contributed by atoms with van der Waals surface area (Å²) in [6, 6.07) is 3.60. The molecule has 0 heterocycles. The molecule has 7 N–H and O–H groups in total. The van der Waals surface area contributed by atoms with E-state index in [1.165, 1.54) is 19.1 Å². The normalized spacial score (nSPS) is 11.7. The molecule has 1 atom stereocenters. The summed E-state index contributed by atoms with van der Waals surface area (Å²) in [6.07, 6.45) is 0. The molecular weight excluding hydrogens is 422 g/mol. The number of amides is 4. The highest BCUT2D eigenvalue weighted by Crippen LogP contribution is 2.08. The number of carboxylic acids is 1. The van der Waals surface area contributed by atoms with E-state index in [1.807, 2.05) is 0 Å². The summed E-state index contributed by atoms with van der Waals surface area (Å²) in [5.74, 6) is -4.00. The Kier molecular flexibility index (Phi) is 8.88. The Labute approximate surface area is 171 Å². The summed E-state index contributed by atoms with van der Waals surface area (Å²) in [5.41, 5.74) is 0.0922. The first-order chi connectivity index (χ1) is 13.9. The molecule has 0 saturated heterocycles. The van der Waals surface area contributed by atoms with Crippen molar-refractivity contribution in [3.05, 3.63) is 29.8 Å². The van der Waals surface area contributed by atoms with Crippen LogP contribution < -0.4 is 26.4 Å². The van der Waals surface area contributed by atoms with Gasteiger partial charge in [-0.3, -0.25) is 24.0 Å². The van der Waals surface area contributed by atoms with Crippen LogP contribution in [-0.2, 0) is 29.2 Å². The minimum atomic E-state index is -3.89. The van der Waals surface area contributed by atoms with E-state index >= 15 is 0 Å². The van der Waals surface area contributed by atoms with Crippen LogP contribution in [0.3, 0.4) is 0 Å². The number of nitrogens with two attached hydrogens (primary N) is 1. The summed E-state index contributed by atoms with van der Waals surface area (Å²) in [4.78, 5) is 57.0. The van der Waals surface area contributed by atoms with Gasteiger partial charge >= 0.3 is 5.97 Å². The van der Waals surface area contributed by atoms with Crippen molar-refractivity contribution in [2.24, 2.45) is 5.14 Å². The third-order valence-electron chi connectivity index (χ3n) is 3.49.